The highest BCUT2D eigenvalue weighted by Crippen LogP contribution is 2.66. The summed E-state index contributed by atoms with van der Waals surface area (Å²) in [5.41, 5.74) is 0.609. The largest absolute Gasteiger partial charge is 0.363 e. The van der Waals surface area contributed by atoms with Crippen LogP contribution in [0.25, 0.3) is 0 Å². The van der Waals surface area contributed by atoms with Crippen molar-refractivity contribution in [3.05, 3.63) is 0 Å². The van der Waals surface area contributed by atoms with Gasteiger partial charge in [-0.25, -0.2) is 0 Å². The molecule has 2 fully saturated rings. The van der Waals surface area contributed by atoms with Gasteiger partial charge < -0.3 is 4.74 Å². The summed E-state index contributed by atoms with van der Waals surface area (Å²) in [6.45, 7) is 7.77. The van der Waals surface area contributed by atoms with E-state index >= 15 is 0 Å². The van der Waals surface area contributed by atoms with Gasteiger partial charge in [0.1, 0.15) is 4.93 Å². The molecule has 2 aliphatic rings. The molecule has 0 radical (unpaired) electrons. The Balaban J connectivity index is 2.46. The predicted octanol–water partition coefficient (Wildman–Crippen LogP) is 2.47. The van der Waals surface area contributed by atoms with Crippen molar-refractivity contribution in [3.63, 3.8) is 0 Å². The van der Waals surface area contributed by atoms with Gasteiger partial charge in [-0.05, 0) is 18.3 Å². The number of thiol groups is 1. The molecule has 11 heavy (non-hydrogen) atoms. The van der Waals surface area contributed by atoms with Crippen LogP contribution in [0, 0.1) is 10.8 Å². The van der Waals surface area contributed by atoms with E-state index in [0.717, 1.165) is 13.0 Å². The van der Waals surface area contributed by atoms with Crippen LogP contribution in [-0.4, -0.2) is 11.5 Å². The van der Waals surface area contributed by atoms with Gasteiger partial charge in [-0.3, -0.25) is 0 Å². The van der Waals surface area contributed by atoms with E-state index in [4.69, 9.17) is 4.74 Å². The van der Waals surface area contributed by atoms with E-state index < -0.39 is 0 Å². The lowest BCUT2D eigenvalue weighted by atomic mass is 9.71. The molecule has 64 valence electrons. The maximum atomic E-state index is 5.72. The summed E-state index contributed by atoms with van der Waals surface area (Å²) in [5.74, 6) is 0. The first-order valence-electron chi connectivity index (χ1n) is 4.28. The quantitative estimate of drug-likeness (QED) is 0.552. The van der Waals surface area contributed by atoms with E-state index in [1.165, 1.54) is 6.42 Å². The van der Waals surface area contributed by atoms with Gasteiger partial charge in [-0.2, -0.15) is 0 Å². The van der Waals surface area contributed by atoms with Gasteiger partial charge in [0.05, 0.1) is 6.61 Å². The molecule has 1 unspecified atom stereocenters. The van der Waals surface area contributed by atoms with Crippen molar-refractivity contribution in [2.45, 2.75) is 38.5 Å². The average Bonchev–Trinajstić information content (AvgIpc) is 2.19. The summed E-state index contributed by atoms with van der Waals surface area (Å²) in [5, 5.41) is 0. The Morgan fingerprint density at radius 1 is 1.18 bits per heavy atom. The standard InChI is InChI=1S/C9H16OS/c1-7(2)8(3)4-5-9(7,11)10-6-8/h11H,4-6H2,1-3H3/t8-,9?/m0/s1. The van der Waals surface area contributed by atoms with Gasteiger partial charge in [-0.1, -0.05) is 20.8 Å². The van der Waals surface area contributed by atoms with Crippen molar-refractivity contribution in [2.75, 3.05) is 6.61 Å². The third-order valence-electron chi connectivity index (χ3n) is 4.13. The lowest BCUT2D eigenvalue weighted by molar-refractivity contribution is 0.0251. The van der Waals surface area contributed by atoms with Gasteiger partial charge in [0, 0.05) is 5.41 Å². The molecule has 1 aliphatic carbocycles. The highest BCUT2D eigenvalue weighted by Gasteiger charge is 2.65. The molecular formula is C9H16OS. The number of ether oxygens (including phenoxy) is 1. The van der Waals surface area contributed by atoms with E-state index in [0.29, 0.717) is 5.41 Å². The molecule has 0 amide bonds. The normalized spacial score (nSPS) is 53.5. The second-order valence-electron chi connectivity index (χ2n) is 4.76. The zero-order valence-corrected chi connectivity index (χ0v) is 8.37. The summed E-state index contributed by atoms with van der Waals surface area (Å²) < 4.78 is 5.72. The fourth-order valence-corrected chi connectivity index (χ4v) is 2.77. The Kier molecular flexibility index (Phi) is 1.29. The average molecular weight is 172 g/mol. The molecule has 0 aromatic carbocycles. The Bertz CT molecular complexity index is 170. The van der Waals surface area contributed by atoms with Crippen molar-refractivity contribution in [1.29, 1.82) is 0 Å². The number of fused-ring (bicyclic) bond motifs is 2. The third kappa shape index (κ3) is 0.682. The first-order chi connectivity index (χ1) is 4.91. The molecule has 1 nitrogen and oxygen atoms in total. The molecule has 0 aromatic heterocycles. The lowest BCUT2D eigenvalue weighted by Crippen LogP contribution is -2.36. The van der Waals surface area contributed by atoms with E-state index in [1.807, 2.05) is 0 Å². The van der Waals surface area contributed by atoms with Crippen molar-refractivity contribution in [3.8, 4) is 0 Å². The van der Waals surface area contributed by atoms with Crippen LogP contribution in [-0.2, 0) is 4.74 Å². The molecule has 0 N–H and O–H groups in total. The molecule has 2 heteroatoms. The molecule has 2 bridgehead atoms. The molecule has 2 rings (SSSR count). The van der Waals surface area contributed by atoms with Crippen molar-refractivity contribution in [1.82, 2.24) is 0 Å². The molecule has 1 saturated heterocycles. The number of rotatable bonds is 0. The maximum absolute atomic E-state index is 5.72. The van der Waals surface area contributed by atoms with Gasteiger partial charge in [-0.15, -0.1) is 12.6 Å². The lowest BCUT2D eigenvalue weighted by Gasteiger charge is -2.35. The van der Waals surface area contributed by atoms with Gasteiger partial charge in [0.15, 0.2) is 0 Å². The summed E-state index contributed by atoms with van der Waals surface area (Å²) >= 11 is 4.64. The number of hydrogen-bond donors (Lipinski definition) is 1. The second kappa shape index (κ2) is 1.80. The maximum Gasteiger partial charge on any atom is 0.116 e. The van der Waals surface area contributed by atoms with Crippen LogP contribution in [0.15, 0.2) is 0 Å². The Morgan fingerprint density at radius 3 is 1.91 bits per heavy atom. The summed E-state index contributed by atoms with van der Waals surface area (Å²) in [7, 11) is 0. The zero-order chi connectivity index (χ0) is 8.33. The van der Waals surface area contributed by atoms with E-state index in [-0.39, 0.29) is 10.3 Å². The van der Waals surface area contributed by atoms with Crippen molar-refractivity contribution >= 4 is 12.6 Å². The second-order valence-corrected chi connectivity index (χ2v) is 5.48. The Morgan fingerprint density at radius 2 is 1.82 bits per heavy atom. The Hall–Kier alpha value is 0.310. The van der Waals surface area contributed by atoms with Crippen LogP contribution in [0.4, 0.5) is 0 Å². The Labute approximate surface area is 73.9 Å². The van der Waals surface area contributed by atoms with Crippen LogP contribution >= 0.6 is 12.6 Å². The third-order valence-corrected chi connectivity index (χ3v) is 5.04. The van der Waals surface area contributed by atoms with Gasteiger partial charge in [0.2, 0.25) is 0 Å². The highest BCUT2D eigenvalue weighted by atomic mass is 32.1. The highest BCUT2D eigenvalue weighted by molar-refractivity contribution is 7.81. The zero-order valence-electron chi connectivity index (χ0n) is 7.48. The topological polar surface area (TPSA) is 9.23 Å². The minimum absolute atomic E-state index is 0.137. The minimum atomic E-state index is -0.137. The fraction of sp³-hybridized carbons (Fsp3) is 1.00. The predicted molar refractivity (Wildman–Crippen MR) is 48.8 cm³/mol. The van der Waals surface area contributed by atoms with Gasteiger partial charge >= 0.3 is 0 Å². The van der Waals surface area contributed by atoms with Crippen LogP contribution in [0.3, 0.4) is 0 Å². The first kappa shape index (κ1) is 7.93. The van der Waals surface area contributed by atoms with E-state index in [1.54, 1.807) is 0 Å². The fourth-order valence-electron chi connectivity index (χ4n) is 2.33. The number of hydrogen-bond acceptors (Lipinski definition) is 2. The summed E-state index contributed by atoms with van der Waals surface area (Å²) in [4.78, 5) is -0.137. The van der Waals surface area contributed by atoms with E-state index in [2.05, 4.69) is 33.4 Å². The molecule has 1 heterocycles. The van der Waals surface area contributed by atoms with Crippen LogP contribution in [0.2, 0.25) is 0 Å². The molecule has 2 atom stereocenters. The monoisotopic (exact) mass is 172 g/mol. The van der Waals surface area contributed by atoms with Crippen LogP contribution in [0.5, 0.6) is 0 Å². The molecule has 1 saturated carbocycles. The smallest absolute Gasteiger partial charge is 0.116 e. The van der Waals surface area contributed by atoms with E-state index in [9.17, 15) is 0 Å². The molecular weight excluding hydrogens is 156 g/mol. The molecule has 1 aliphatic heterocycles. The van der Waals surface area contributed by atoms with Crippen LogP contribution < -0.4 is 0 Å². The first-order valence-corrected chi connectivity index (χ1v) is 4.72. The van der Waals surface area contributed by atoms with Crippen molar-refractivity contribution in [2.24, 2.45) is 10.8 Å². The van der Waals surface area contributed by atoms with Gasteiger partial charge in [0.25, 0.3) is 0 Å². The van der Waals surface area contributed by atoms with Crippen molar-refractivity contribution < 1.29 is 4.74 Å². The molecule has 0 aromatic rings. The van der Waals surface area contributed by atoms with Crippen LogP contribution in [0.1, 0.15) is 33.6 Å². The molecule has 0 spiro atoms. The SMILES string of the molecule is CC1(C)C2(S)CC[C@@]1(C)CO2. The summed E-state index contributed by atoms with van der Waals surface area (Å²) in [6.07, 6.45) is 2.38. The summed E-state index contributed by atoms with van der Waals surface area (Å²) in [6, 6.07) is 0. The minimum Gasteiger partial charge on any atom is -0.363 e.